The van der Waals surface area contributed by atoms with Crippen molar-refractivity contribution in [2.24, 2.45) is 5.73 Å². The molecule has 8 heavy (non-hydrogen) atoms. The van der Waals surface area contributed by atoms with Gasteiger partial charge in [-0.3, -0.25) is 4.57 Å². The zero-order valence-electron chi connectivity index (χ0n) is 6.45. The molecule has 48 valence electrons. The topological polar surface area (TPSA) is 83.6 Å². The summed E-state index contributed by atoms with van der Waals surface area (Å²) in [4.78, 5) is 16.1. The Morgan fingerprint density at radius 3 is 2.00 bits per heavy atom. The molecule has 0 atom stereocenters. The van der Waals surface area contributed by atoms with Crippen molar-refractivity contribution in [1.82, 2.24) is 0 Å². The van der Waals surface area contributed by atoms with Gasteiger partial charge in [-0.05, 0) is 0 Å². The molecule has 0 saturated heterocycles. The molecule has 0 aromatic carbocycles. The van der Waals surface area contributed by atoms with Crippen molar-refractivity contribution in [3.05, 3.63) is 0 Å². The predicted octanol–water partition coefficient (Wildman–Crippen LogP) is -1.03. The first-order chi connectivity index (χ1) is 3.06. The van der Waals surface area contributed by atoms with E-state index in [0.717, 1.165) is 0 Å². The van der Waals surface area contributed by atoms with E-state index >= 15 is 0 Å². The summed E-state index contributed by atoms with van der Waals surface area (Å²) in [7, 11) is -3.79. The first kappa shape index (κ1) is 12.1. The van der Waals surface area contributed by atoms with E-state index in [1.54, 1.807) is 0 Å². The van der Waals surface area contributed by atoms with Crippen LogP contribution in [0.15, 0.2) is 0 Å². The monoisotopic (exact) mass is 167 g/mol. The Hall–Kier alpha value is 1.37. The number of rotatable bonds is 2. The molecule has 0 heterocycles. The van der Waals surface area contributed by atoms with Crippen molar-refractivity contribution < 1.29 is 17.2 Å². The molecule has 0 aromatic rings. The van der Waals surface area contributed by atoms with Crippen molar-refractivity contribution in [3.8, 4) is 0 Å². The second-order valence-corrected chi connectivity index (χ2v) is 2.95. The molecule has 0 fully saturated rings. The van der Waals surface area contributed by atoms with Crippen molar-refractivity contribution in [3.63, 3.8) is 0 Å². The number of nitrogens with two attached hydrogens (primary N) is 1. The largest absolute Gasteiger partial charge is 2.00 e. The molecular formula is C2H10CaNO3P. The third-order valence-electron chi connectivity index (χ3n) is 0.420. The van der Waals surface area contributed by atoms with Crippen molar-refractivity contribution >= 4 is 45.3 Å². The fraction of sp³-hybridized carbons (Fsp3) is 1.00. The van der Waals surface area contributed by atoms with Crippen LogP contribution in [0, 0.1) is 0 Å². The Balaban J connectivity index is -0.0000000600. The normalized spacial score (nSPS) is 10.4. The van der Waals surface area contributed by atoms with Crippen LogP contribution in [0.5, 0.6) is 0 Å². The van der Waals surface area contributed by atoms with Crippen LogP contribution in [-0.2, 0) is 4.57 Å². The Labute approximate surface area is 80.6 Å². The van der Waals surface area contributed by atoms with Crippen LogP contribution in [-0.4, -0.2) is 60.2 Å². The van der Waals surface area contributed by atoms with Crippen LogP contribution in [0.4, 0.5) is 0 Å². The minimum atomic E-state index is -3.79. The van der Waals surface area contributed by atoms with Gasteiger partial charge in [0, 0.05) is 6.54 Å². The fourth-order valence-corrected chi connectivity index (χ4v) is 0.505. The van der Waals surface area contributed by atoms with Gasteiger partial charge in [-0.1, -0.05) is 0 Å². The van der Waals surface area contributed by atoms with E-state index in [4.69, 9.17) is 15.5 Å². The zero-order valence-corrected chi connectivity index (χ0v) is 7.55. The van der Waals surface area contributed by atoms with E-state index in [2.05, 4.69) is 0 Å². The molecule has 4 nitrogen and oxygen atoms in total. The van der Waals surface area contributed by atoms with Crippen molar-refractivity contribution in [1.29, 1.82) is 0 Å². The van der Waals surface area contributed by atoms with Gasteiger partial charge in [-0.25, -0.2) is 0 Å². The quantitative estimate of drug-likeness (QED) is 0.362. The summed E-state index contributed by atoms with van der Waals surface area (Å²) < 4.78 is 9.85. The summed E-state index contributed by atoms with van der Waals surface area (Å²) in [6.45, 7) is 0.0459. The average molecular weight is 167 g/mol. The molecular weight excluding hydrogens is 157 g/mol. The number of hydrogen-bond donors (Lipinski definition) is 3. The summed E-state index contributed by atoms with van der Waals surface area (Å²) >= 11 is 0. The molecule has 0 aliphatic rings. The van der Waals surface area contributed by atoms with E-state index in [-0.39, 0.29) is 53.3 Å². The van der Waals surface area contributed by atoms with Crippen LogP contribution >= 0.6 is 7.60 Å². The van der Waals surface area contributed by atoms with Gasteiger partial charge in [0.2, 0.25) is 0 Å². The van der Waals surface area contributed by atoms with Crippen LogP contribution in [0.25, 0.3) is 0 Å². The second kappa shape index (κ2) is 5.18. The average Bonchev–Trinajstić information content (AvgIpc) is 1.30. The maximum Gasteiger partial charge on any atom is 2.00 e. The molecule has 0 bridgehead atoms. The van der Waals surface area contributed by atoms with E-state index in [1.165, 1.54) is 0 Å². The minimum Gasteiger partial charge on any atom is -1.00 e. The van der Waals surface area contributed by atoms with Gasteiger partial charge in [0.15, 0.2) is 0 Å². The summed E-state index contributed by atoms with van der Waals surface area (Å²) in [5.41, 5.74) is 4.82. The molecule has 0 radical (unpaired) electrons. The van der Waals surface area contributed by atoms with E-state index in [9.17, 15) is 4.57 Å². The Morgan fingerprint density at radius 1 is 1.62 bits per heavy atom. The molecule has 0 rings (SSSR count). The Morgan fingerprint density at radius 2 is 2.00 bits per heavy atom. The Kier molecular flexibility index (Phi) is 7.82. The van der Waals surface area contributed by atoms with Gasteiger partial charge in [0.25, 0.3) is 0 Å². The standard InChI is InChI=1S/C2H8NO3P.Ca.2H/c3-1-2-7(4,5)6;;;/h1-3H2,(H2,4,5,6);;;/q;+2;2*-1. The van der Waals surface area contributed by atoms with Gasteiger partial charge in [0.1, 0.15) is 0 Å². The Bertz CT molecular complexity index is 98.5. The SMILES string of the molecule is NCCP(=O)(O)O.[Ca+2].[H-].[H-]. The van der Waals surface area contributed by atoms with Gasteiger partial charge >= 0.3 is 45.3 Å². The van der Waals surface area contributed by atoms with Crippen molar-refractivity contribution in [2.45, 2.75) is 0 Å². The smallest absolute Gasteiger partial charge is 1.00 e. The molecule has 0 saturated carbocycles. The van der Waals surface area contributed by atoms with Gasteiger partial charge in [0.05, 0.1) is 6.16 Å². The first-order valence-corrected chi connectivity index (χ1v) is 3.60. The van der Waals surface area contributed by atoms with Crippen LogP contribution < -0.4 is 5.73 Å². The molecule has 0 unspecified atom stereocenters. The maximum atomic E-state index is 9.85. The third-order valence-corrected chi connectivity index (χ3v) is 1.26. The van der Waals surface area contributed by atoms with Crippen LogP contribution in [0.1, 0.15) is 2.85 Å². The number of hydrogen-bond acceptors (Lipinski definition) is 2. The maximum absolute atomic E-state index is 9.85. The van der Waals surface area contributed by atoms with Gasteiger partial charge in [-0.2, -0.15) is 0 Å². The van der Waals surface area contributed by atoms with Crippen molar-refractivity contribution in [2.75, 3.05) is 12.7 Å². The van der Waals surface area contributed by atoms with Gasteiger partial charge in [-0.15, -0.1) is 0 Å². The summed E-state index contributed by atoms with van der Waals surface area (Å²) in [5.74, 6) is 0. The summed E-state index contributed by atoms with van der Waals surface area (Å²) in [5, 5.41) is 0. The van der Waals surface area contributed by atoms with E-state index < -0.39 is 7.60 Å². The van der Waals surface area contributed by atoms with Crippen LogP contribution in [0.3, 0.4) is 0 Å². The van der Waals surface area contributed by atoms with E-state index in [1.807, 2.05) is 0 Å². The fourth-order valence-electron chi connectivity index (χ4n) is 0.168. The molecule has 6 heteroatoms. The van der Waals surface area contributed by atoms with Crippen LogP contribution in [0.2, 0.25) is 0 Å². The third kappa shape index (κ3) is 10.4. The molecule has 0 spiro atoms. The minimum absolute atomic E-state index is 0. The summed E-state index contributed by atoms with van der Waals surface area (Å²) in [6, 6.07) is 0. The van der Waals surface area contributed by atoms with E-state index in [0.29, 0.717) is 0 Å². The predicted molar refractivity (Wildman–Crippen MR) is 33.9 cm³/mol. The molecule has 0 aliphatic heterocycles. The first-order valence-electron chi connectivity index (χ1n) is 1.81. The molecule has 0 aliphatic carbocycles. The molecule has 0 amide bonds. The summed E-state index contributed by atoms with van der Waals surface area (Å²) in [6.07, 6.45) is -0.215. The zero-order chi connectivity index (χ0) is 5.91. The molecule has 4 N–H and O–H groups in total. The molecule has 0 aromatic heterocycles. The second-order valence-electron chi connectivity index (χ2n) is 1.18. The van der Waals surface area contributed by atoms with Gasteiger partial charge < -0.3 is 18.4 Å².